The van der Waals surface area contributed by atoms with Gasteiger partial charge in [0.25, 0.3) is 5.91 Å². The van der Waals surface area contributed by atoms with Crippen LogP contribution in [0.1, 0.15) is 26.3 Å². The van der Waals surface area contributed by atoms with Gasteiger partial charge in [-0.25, -0.2) is 13.2 Å². The van der Waals surface area contributed by atoms with Crippen LogP contribution in [0.5, 0.6) is 0 Å². The molecule has 3 aromatic carbocycles. The van der Waals surface area contributed by atoms with Crippen molar-refractivity contribution < 1.29 is 32.3 Å². The van der Waals surface area contributed by atoms with E-state index in [-0.39, 0.29) is 34.9 Å². The number of rotatable bonds is 8. The molecule has 37 heavy (non-hydrogen) atoms. The first-order chi connectivity index (χ1) is 17.8. The number of sulfonamides is 1. The van der Waals surface area contributed by atoms with Gasteiger partial charge in [0, 0.05) is 34.9 Å². The second kappa shape index (κ2) is 11.7. The average molecular weight is 543 g/mol. The van der Waals surface area contributed by atoms with E-state index in [4.69, 9.17) is 21.1 Å². The highest BCUT2D eigenvalue weighted by atomic mass is 35.5. The maximum Gasteiger partial charge on any atom is 0.339 e. The summed E-state index contributed by atoms with van der Waals surface area (Å²) in [4.78, 5) is 38.0. The van der Waals surface area contributed by atoms with Crippen LogP contribution < -0.4 is 5.32 Å². The Morgan fingerprint density at radius 1 is 0.892 bits per heavy atom. The van der Waals surface area contributed by atoms with E-state index in [2.05, 4.69) is 5.32 Å². The molecule has 1 aliphatic rings. The third-order valence-corrected chi connectivity index (χ3v) is 7.74. The molecule has 1 amide bonds. The number of nitrogens with zero attached hydrogens (tertiary/aromatic N) is 1. The molecule has 3 aromatic rings. The van der Waals surface area contributed by atoms with E-state index < -0.39 is 28.5 Å². The van der Waals surface area contributed by atoms with E-state index in [0.29, 0.717) is 29.5 Å². The molecule has 11 heteroatoms. The molecule has 0 aliphatic carbocycles. The maximum absolute atomic E-state index is 12.9. The second-order valence-electron chi connectivity index (χ2n) is 8.05. The molecule has 1 aliphatic heterocycles. The van der Waals surface area contributed by atoms with Crippen LogP contribution in [-0.2, 0) is 24.3 Å². The standard InChI is InChI=1S/C26H23ClN2O7S/c27-19-7-5-18(6-8-19)25(31)22-3-1-2-4-23(22)26(32)36-17-24(30)28-20-9-11-21(12-10-20)37(33,34)29-13-15-35-16-14-29/h1-12H,13-17H2,(H,28,30). The average Bonchev–Trinajstić information content (AvgIpc) is 2.92. The van der Waals surface area contributed by atoms with Crippen molar-refractivity contribution in [2.24, 2.45) is 0 Å². The molecule has 192 valence electrons. The molecule has 1 N–H and O–H groups in total. The van der Waals surface area contributed by atoms with Gasteiger partial charge >= 0.3 is 5.97 Å². The molecule has 1 saturated heterocycles. The Morgan fingerprint density at radius 2 is 1.51 bits per heavy atom. The van der Waals surface area contributed by atoms with E-state index in [9.17, 15) is 22.8 Å². The predicted octanol–water partition coefficient (Wildman–Crippen LogP) is 3.39. The van der Waals surface area contributed by atoms with E-state index in [1.807, 2.05) is 0 Å². The lowest BCUT2D eigenvalue weighted by atomic mass is 9.98. The molecule has 1 fully saturated rings. The third kappa shape index (κ3) is 6.41. The molecule has 9 nitrogen and oxygen atoms in total. The van der Waals surface area contributed by atoms with Gasteiger partial charge in [0.1, 0.15) is 0 Å². The summed E-state index contributed by atoms with van der Waals surface area (Å²) in [6, 6.07) is 18.1. The molecular weight excluding hydrogens is 520 g/mol. The number of anilines is 1. The summed E-state index contributed by atoms with van der Waals surface area (Å²) in [5.41, 5.74) is 0.835. The van der Waals surface area contributed by atoms with Crippen LogP contribution >= 0.6 is 11.6 Å². The normalized spacial score (nSPS) is 14.1. The molecule has 4 rings (SSSR count). The number of carbonyl (C=O) groups excluding carboxylic acids is 3. The number of amides is 1. The van der Waals surface area contributed by atoms with Crippen LogP contribution in [0.2, 0.25) is 5.02 Å². The van der Waals surface area contributed by atoms with Gasteiger partial charge in [-0.2, -0.15) is 4.31 Å². The molecule has 0 saturated carbocycles. The number of benzene rings is 3. The molecule has 0 unspecified atom stereocenters. The van der Waals surface area contributed by atoms with Crippen molar-refractivity contribution in [2.75, 3.05) is 38.2 Å². The van der Waals surface area contributed by atoms with Crippen molar-refractivity contribution in [3.8, 4) is 0 Å². The lowest BCUT2D eigenvalue weighted by Crippen LogP contribution is -2.40. The number of carbonyl (C=O) groups is 3. The Kier molecular flexibility index (Phi) is 8.34. The van der Waals surface area contributed by atoms with Crippen LogP contribution in [0.4, 0.5) is 5.69 Å². The Morgan fingerprint density at radius 3 is 2.16 bits per heavy atom. The van der Waals surface area contributed by atoms with Gasteiger partial charge in [0.15, 0.2) is 12.4 Å². The minimum atomic E-state index is -3.66. The quantitative estimate of drug-likeness (QED) is 0.342. The lowest BCUT2D eigenvalue weighted by Gasteiger charge is -2.26. The fourth-order valence-corrected chi connectivity index (χ4v) is 5.20. The first-order valence-corrected chi connectivity index (χ1v) is 13.1. The molecule has 0 radical (unpaired) electrons. The number of morpholine rings is 1. The van der Waals surface area contributed by atoms with Crippen LogP contribution in [0.25, 0.3) is 0 Å². The lowest BCUT2D eigenvalue weighted by molar-refractivity contribution is -0.119. The number of esters is 1. The van der Waals surface area contributed by atoms with Crippen molar-refractivity contribution in [3.63, 3.8) is 0 Å². The zero-order valence-corrected chi connectivity index (χ0v) is 21.1. The molecule has 0 atom stereocenters. The Balaban J connectivity index is 1.36. The van der Waals surface area contributed by atoms with E-state index >= 15 is 0 Å². The van der Waals surface area contributed by atoms with Crippen molar-refractivity contribution in [1.82, 2.24) is 4.31 Å². The van der Waals surface area contributed by atoms with Gasteiger partial charge in [-0.1, -0.05) is 29.8 Å². The Labute approximate surface area is 219 Å². The van der Waals surface area contributed by atoms with E-state index in [0.717, 1.165) is 0 Å². The highest BCUT2D eigenvalue weighted by molar-refractivity contribution is 7.89. The zero-order chi connectivity index (χ0) is 26.4. The summed E-state index contributed by atoms with van der Waals surface area (Å²) in [6.07, 6.45) is 0. The van der Waals surface area contributed by atoms with Crippen molar-refractivity contribution in [3.05, 3.63) is 94.5 Å². The van der Waals surface area contributed by atoms with Gasteiger partial charge in [-0.15, -0.1) is 0 Å². The third-order valence-electron chi connectivity index (χ3n) is 5.58. The van der Waals surface area contributed by atoms with Crippen LogP contribution in [0, 0.1) is 0 Å². The number of halogens is 1. The van der Waals surface area contributed by atoms with Gasteiger partial charge in [-0.3, -0.25) is 9.59 Å². The molecule has 1 heterocycles. The Bertz CT molecular complexity index is 1400. The van der Waals surface area contributed by atoms with Crippen LogP contribution in [0.3, 0.4) is 0 Å². The number of hydrogen-bond acceptors (Lipinski definition) is 7. The molecular formula is C26H23ClN2O7S. The summed E-state index contributed by atoms with van der Waals surface area (Å²) in [7, 11) is -3.66. The number of hydrogen-bond donors (Lipinski definition) is 1. The molecule has 0 spiro atoms. The first-order valence-electron chi connectivity index (χ1n) is 11.3. The Hall–Kier alpha value is -3.57. The van der Waals surface area contributed by atoms with Crippen molar-refractivity contribution in [2.45, 2.75) is 4.90 Å². The van der Waals surface area contributed by atoms with Gasteiger partial charge in [0.2, 0.25) is 10.0 Å². The predicted molar refractivity (Wildman–Crippen MR) is 136 cm³/mol. The fourth-order valence-electron chi connectivity index (χ4n) is 3.67. The monoisotopic (exact) mass is 542 g/mol. The largest absolute Gasteiger partial charge is 0.452 e. The number of ether oxygens (including phenoxy) is 2. The fraction of sp³-hybridized carbons (Fsp3) is 0.192. The van der Waals surface area contributed by atoms with Crippen molar-refractivity contribution in [1.29, 1.82) is 0 Å². The molecule has 0 aromatic heterocycles. The summed E-state index contributed by atoms with van der Waals surface area (Å²) >= 11 is 5.88. The van der Waals surface area contributed by atoms with Crippen LogP contribution in [-0.4, -0.2) is 63.3 Å². The topological polar surface area (TPSA) is 119 Å². The highest BCUT2D eigenvalue weighted by Gasteiger charge is 2.26. The first kappa shape index (κ1) is 26.5. The summed E-state index contributed by atoms with van der Waals surface area (Å²) in [6.45, 7) is 0.634. The number of ketones is 1. The van der Waals surface area contributed by atoms with Crippen molar-refractivity contribution >= 4 is 45.0 Å². The minimum Gasteiger partial charge on any atom is -0.452 e. The van der Waals surface area contributed by atoms with Gasteiger partial charge in [-0.05, 0) is 54.6 Å². The molecule has 0 bridgehead atoms. The smallest absolute Gasteiger partial charge is 0.339 e. The maximum atomic E-state index is 12.9. The van der Waals surface area contributed by atoms with E-state index in [1.54, 1.807) is 36.4 Å². The van der Waals surface area contributed by atoms with Gasteiger partial charge < -0.3 is 14.8 Å². The van der Waals surface area contributed by atoms with E-state index in [1.165, 1.54) is 40.7 Å². The second-order valence-corrected chi connectivity index (χ2v) is 10.4. The van der Waals surface area contributed by atoms with Gasteiger partial charge in [0.05, 0.1) is 23.7 Å². The zero-order valence-electron chi connectivity index (χ0n) is 19.6. The highest BCUT2D eigenvalue weighted by Crippen LogP contribution is 2.20. The summed E-state index contributed by atoms with van der Waals surface area (Å²) < 4.78 is 37.1. The minimum absolute atomic E-state index is 0.0212. The summed E-state index contributed by atoms with van der Waals surface area (Å²) in [5.74, 6) is -1.85. The number of nitrogens with one attached hydrogen (secondary N) is 1. The SMILES string of the molecule is O=C(COC(=O)c1ccccc1C(=O)c1ccc(Cl)cc1)Nc1ccc(S(=O)(=O)N2CCOCC2)cc1. The summed E-state index contributed by atoms with van der Waals surface area (Å²) in [5, 5.41) is 3.03. The van der Waals surface area contributed by atoms with Crippen LogP contribution in [0.15, 0.2) is 77.7 Å².